The first-order valence-electron chi connectivity index (χ1n) is 9.71. The van der Waals surface area contributed by atoms with Crippen LogP contribution in [0.25, 0.3) is 10.2 Å². The molecule has 0 spiro atoms. The number of anilines is 2. The van der Waals surface area contributed by atoms with Crippen LogP contribution in [0.15, 0.2) is 24.5 Å². The smallest absolute Gasteiger partial charge is 0.251 e. The van der Waals surface area contributed by atoms with E-state index in [9.17, 15) is 14.0 Å². The van der Waals surface area contributed by atoms with Crippen LogP contribution >= 0.6 is 11.3 Å². The Morgan fingerprint density at radius 3 is 2.63 bits per heavy atom. The molecule has 1 aliphatic rings. The molecule has 30 heavy (non-hydrogen) atoms. The third kappa shape index (κ3) is 3.72. The fraction of sp³-hybridized carbons (Fsp3) is 0.333. The zero-order chi connectivity index (χ0) is 21.4. The molecule has 1 aliphatic heterocycles. The Balaban J connectivity index is 1.43. The lowest BCUT2D eigenvalue weighted by atomic mass is 9.95. The monoisotopic (exact) mass is 427 g/mol. The minimum absolute atomic E-state index is 0.156. The molecule has 0 unspecified atom stereocenters. The van der Waals surface area contributed by atoms with Crippen LogP contribution in [0, 0.1) is 25.6 Å². The largest absolute Gasteiger partial charge is 0.366 e. The van der Waals surface area contributed by atoms with E-state index in [2.05, 4.69) is 34.0 Å². The SMILES string of the molecule is Cc1sc2ncnc(N3CCC(C(=O)Nc4ccc(C(N)=O)c(F)c4)CC3)c2c1C. The van der Waals surface area contributed by atoms with E-state index >= 15 is 0 Å². The summed E-state index contributed by atoms with van der Waals surface area (Å²) in [5.74, 6) is -0.999. The number of benzene rings is 1. The molecule has 0 saturated carbocycles. The number of nitrogens with two attached hydrogens (primary N) is 1. The van der Waals surface area contributed by atoms with Gasteiger partial charge in [0.25, 0.3) is 5.91 Å². The van der Waals surface area contributed by atoms with Crippen LogP contribution in [0.5, 0.6) is 0 Å². The average molecular weight is 428 g/mol. The molecule has 9 heteroatoms. The van der Waals surface area contributed by atoms with Gasteiger partial charge in [-0.05, 0) is 50.5 Å². The van der Waals surface area contributed by atoms with Crippen molar-refractivity contribution in [3.63, 3.8) is 0 Å². The zero-order valence-electron chi connectivity index (χ0n) is 16.7. The number of amides is 2. The van der Waals surface area contributed by atoms with Crippen molar-refractivity contribution in [3.05, 3.63) is 46.3 Å². The number of nitrogens with zero attached hydrogens (tertiary/aromatic N) is 3. The van der Waals surface area contributed by atoms with Crippen molar-refractivity contribution < 1.29 is 14.0 Å². The molecule has 0 radical (unpaired) electrons. The van der Waals surface area contributed by atoms with Crippen molar-refractivity contribution in [2.75, 3.05) is 23.3 Å². The number of aromatic nitrogens is 2. The summed E-state index contributed by atoms with van der Waals surface area (Å²) < 4.78 is 13.9. The summed E-state index contributed by atoms with van der Waals surface area (Å²) in [6.07, 6.45) is 2.93. The van der Waals surface area contributed by atoms with Gasteiger partial charge in [0.1, 0.15) is 22.8 Å². The molecule has 3 aromatic rings. The van der Waals surface area contributed by atoms with Gasteiger partial charge in [0.2, 0.25) is 5.91 Å². The standard InChI is InChI=1S/C21H22FN5O2S/c1-11-12(2)30-21-17(11)19(24-10-25-21)27-7-5-13(6-8-27)20(29)26-14-3-4-15(18(23)28)16(22)9-14/h3-4,9-10,13H,5-8H2,1-2H3,(H2,23,28)(H,26,29). The third-order valence-corrected chi connectivity index (χ3v) is 6.73. The van der Waals surface area contributed by atoms with E-state index in [0.717, 1.165) is 22.1 Å². The Kier molecular flexibility index (Phi) is 5.38. The number of halogens is 1. The van der Waals surface area contributed by atoms with Crippen LogP contribution in [0.2, 0.25) is 0 Å². The van der Waals surface area contributed by atoms with Crippen LogP contribution in [0.4, 0.5) is 15.9 Å². The molecule has 3 N–H and O–H groups in total. The van der Waals surface area contributed by atoms with E-state index in [0.29, 0.717) is 31.6 Å². The molecule has 0 atom stereocenters. The second-order valence-electron chi connectivity index (χ2n) is 7.47. The van der Waals surface area contributed by atoms with E-state index in [1.807, 2.05) is 0 Å². The number of primary amides is 1. The van der Waals surface area contributed by atoms with Gasteiger partial charge in [-0.3, -0.25) is 9.59 Å². The highest BCUT2D eigenvalue weighted by Gasteiger charge is 2.27. The minimum Gasteiger partial charge on any atom is -0.366 e. The Morgan fingerprint density at radius 2 is 1.97 bits per heavy atom. The summed E-state index contributed by atoms with van der Waals surface area (Å²) in [5.41, 5.74) is 6.42. The molecule has 2 amide bonds. The molecule has 1 saturated heterocycles. The maximum Gasteiger partial charge on any atom is 0.251 e. The first-order chi connectivity index (χ1) is 14.3. The number of hydrogen-bond donors (Lipinski definition) is 2. The van der Waals surface area contributed by atoms with Gasteiger partial charge >= 0.3 is 0 Å². The number of rotatable bonds is 4. The Hall–Kier alpha value is -3.07. The number of aryl methyl sites for hydroxylation is 2. The lowest BCUT2D eigenvalue weighted by Crippen LogP contribution is -2.38. The molecule has 2 aromatic heterocycles. The van der Waals surface area contributed by atoms with Gasteiger partial charge in [-0.2, -0.15) is 0 Å². The fourth-order valence-electron chi connectivity index (χ4n) is 3.79. The molecule has 0 bridgehead atoms. The third-order valence-electron chi connectivity index (χ3n) is 5.61. The molecular weight excluding hydrogens is 405 g/mol. The van der Waals surface area contributed by atoms with Crippen molar-refractivity contribution in [1.29, 1.82) is 0 Å². The first kappa shape index (κ1) is 20.2. The first-order valence-corrected chi connectivity index (χ1v) is 10.5. The van der Waals surface area contributed by atoms with Crippen molar-refractivity contribution in [3.8, 4) is 0 Å². The molecule has 0 aliphatic carbocycles. The average Bonchev–Trinajstić information content (AvgIpc) is 3.02. The molecule has 4 rings (SSSR count). The molecule has 7 nitrogen and oxygen atoms in total. The van der Waals surface area contributed by atoms with Crippen molar-refractivity contribution >= 4 is 44.9 Å². The van der Waals surface area contributed by atoms with Gasteiger partial charge < -0.3 is 16.0 Å². The predicted octanol–water partition coefficient (Wildman–Crippen LogP) is 3.40. The summed E-state index contributed by atoms with van der Waals surface area (Å²) in [5, 5.41) is 3.83. The summed E-state index contributed by atoms with van der Waals surface area (Å²) >= 11 is 1.67. The van der Waals surface area contributed by atoms with Crippen LogP contribution in [-0.2, 0) is 4.79 Å². The van der Waals surface area contributed by atoms with Crippen molar-refractivity contribution in [2.24, 2.45) is 11.7 Å². The second kappa shape index (κ2) is 7.98. The maximum atomic E-state index is 13.9. The summed E-state index contributed by atoms with van der Waals surface area (Å²) in [6.45, 7) is 5.58. The number of carbonyl (C=O) groups is 2. The van der Waals surface area contributed by atoms with E-state index in [1.54, 1.807) is 17.7 Å². The fourth-order valence-corrected chi connectivity index (χ4v) is 4.79. The van der Waals surface area contributed by atoms with Gasteiger partial charge in [0, 0.05) is 29.6 Å². The highest BCUT2D eigenvalue weighted by atomic mass is 32.1. The maximum absolute atomic E-state index is 13.9. The number of nitrogens with one attached hydrogen (secondary N) is 1. The van der Waals surface area contributed by atoms with Gasteiger partial charge in [-0.15, -0.1) is 11.3 Å². The Bertz CT molecular complexity index is 1140. The number of carbonyl (C=O) groups excluding carboxylic acids is 2. The highest BCUT2D eigenvalue weighted by molar-refractivity contribution is 7.18. The second-order valence-corrected chi connectivity index (χ2v) is 8.67. The summed E-state index contributed by atoms with van der Waals surface area (Å²) in [6, 6.07) is 3.88. The molecule has 1 aromatic carbocycles. The van der Waals surface area contributed by atoms with E-state index in [4.69, 9.17) is 5.73 Å². The minimum atomic E-state index is -0.840. The van der Waals surface area contributed by atoms with Crippen LogP contribution in [-0.4, -0.2) is 34.9 Å². The lowest BCUT2D eigenvalue weighted by molar-refractivity contribution is -0.120. The van der Waals surface area contributed by atoms with E-state index in [-0.39, 0.29) is 17.4 Å². The van der Waals surface area contributed by atoms with E-state index in [1.165, 1.54) is 22.6 Å². The van der Waals surface area contributed by atoms with Crippen LogP contribution in [0.3, 0.4) is 0 Å². The number of thiophene rings is 1. The number of piperidine rings is 1. The number of fused-ring (bicyclic) bond motifs is 1. The molecule has 156 valence electrons. The van der Waals surface area contributed by atoms with Gasteiger partial charge in [0.15, 0.2) is 0 Å². The van der Waals surface area contributed by atoms with Crippen LogP contribution < -0.4 is 16.0 Å². The predicted molar refractivity (Wildman–Crippen MR) is 115 cm³/mol. The summed E-state index contributed by atoms with van der Waals surface area (Å²) in [7, 11) is 0. The summed E-state index contributed by atoms with van der Waals surface area (Å²) in [4.78, 5) is 37.1. The van der Waals surface area contributed by atoms with E-state index < -0.39 is 11.7 Å². The zero-order valence-corrected chi connectivity index (χ0v) is 17.6. The molecular formula is C21H22FN5O2S. The topological polar surface area (TPSA) is 101 Å². The Morgan fingerprint density at radius 1 is 1.23 bits per heavy atom. The lowest BCUT2D eigenvalue weighted by Gasteiger charge is -2.32. The molecule has 1 fully saturated rings. The van der Waals surface area contributed by atoms with Gasteiger partial charge in [-0.25, -0.2) is 14.4 Å². The normalized spacial score (nSPS) is 14.8. The van der Waals surface area contributed by atoms with Gasteiger partial charge in [0.05, 0.1) is 10.9 Å². The molecule has 3 heterocycles. The quantitative estimate of drug-likeness (QED) is 0.665. The highest BCUT2D eigenvalue weighted by Crippen LogP contribution is 2.35. The van der Waals surface area contributed by atoms with Gasteiger partial charge in [-0.1, -0.05) is 0 Å². The van der Waals surface area contributed by atoms with Crippen molar-refractivity contribution in [2.45, 2.75) is 26.7 Å². The number of hydrogen-bond acceptors (Lipinski definition) is 6. The Labute approximate surface area is 177 Å². The van der Waals surface area contributed by atoms with Crippen molar-refractivity contribution in [1.82, 2.24) is 9.97 Å². The van der Waals surface area contributed by atoms with Crippen LogP contribution in [0.1, 0.15) is 33.6 Å².